The van der Waals surface area contributed by atoms with Crippen LogP contribution in [0.25, 0.3) is 0 Å². The van der Waals surface area contributed by atoms with E-state index < -0.39 is 11.2 Å². The highest BCUT2D eigenvalue weighted by Gasteiger charge is 2.28. The van der Waals surface area contributed by atoms with Gasteiger partial charge in [0.1, 0.15) is 12.0 Å². The molecule has 1 amide bonds. The van der Waals surface area contributed by atoms with Crippen molar-refractivity contribution in [1.29, 1.82) is 0 Å². The van der Waals surface area contributed by atoms with Crippen molar-refractivity contribution < 1.29 is 24.3 Å². The number of carbonyl (C=O) groups is 1. The summed E-state index contributed by atoms with van der Waals surface area (Å²) in [6.45, 7) is 1.26. The Balaban J connectivity index is 1.51. The van der Waals surface area contributed by atoms with Crippen LogP contribution in [-0.4, -0.2) is 53.5 Å². The Bertz CT molecular complexity index is 904. The van der Waals surface area contributed by atoms with Gasteiger partial charge in [0.15, 0.2) is 5.76 Å². The average molecular weight is 463 g/mol. The molecular weight excluding hydrogens is 436 g/mol. The van der Waals surface area contributed by atoms with Gasteiger partial charge in [-0.1, -0.05) is 0 Å². The fraction of sp³-hybridized carbons (Fsp3) is 0.429. The van der Waals surface area contributed by atoms with Crippen molar-refractivity contribution in [1.82, 2.24) is 10.3 Å². The third kappa shape index (κ3) is 7.01. The molecule has 0 fully saturated rings. The molecule has 0 unspecified atom stereocenters. The Kier molecular flexibility index (Phi) is 8.96. The zero-order valence-electron chi connectivity index (χ0n) is 17.4. The van der Waals surface area contributed by atoms with Crippen LogP contribution in [0.2, 0.25) is 0 Å². The highest BCUT2D eigenvalue weighted by Crippen LogP contribution is 2.32. The van der Waals surface area contributed by atoms with Crippen LogP contribution in [-0.2, 0) is 14.3 Å². The number of amides is 1. The molecule has 3 N–H and O–H groups in total. The van der Waals surface area contributed by atoms with Gasteiger partial charge in [0.05, 0.1) is 11.5 Å². The molecule has 32 heavy (non-hydrogen) atoms. The zero-order valence-corrected chi connectivity index (χ0v) is 18.3. The summed E-state index contributed by atoms with van der Waals surface area (Å²) < 4.78 is 11.6. The summed E-state index contributed by atoms with van der Waals surface area (Å²) >= 11 is 1.59. The SMILES string of the molecule is O=C(NCCNc1ccc([N+](=O)[O-])cn1)C1=C[C@H](c2ccsc2)C[C@H](OCCCCO)O1. The minimum Gasteiger partial charge on any atom is -0.459 e. The normalized spacial score (nSPS) is 17.8. The monoisotopic (exact) mass is 462 g/mol. The number of thiophene rings is 1. The fourth-order valence-corrected chi connectivity index (χ4v) is 3.84. The number of hydrogen-bond acceptors (Lipinski definition) is 9. The number of nitrogens with one attached hydrogen (secondary N) is 2. The molecule has 0 spiro atoms. The maximum absolute atomic E-state index is 12.7. The van der Waals surface area contributed by atoms with Gasteiger partial charge in [-0.25, -0.2) is 4.98 Å². The minimum atomic E-state index is -0.535. The van der Waals surface area contributed by atoms with Crippen LogP contribution < -0.4 is 10.6 Å². The summed E-state index contributed by atoms with van der Waals surface area (Å²) in [5.41, 5.74) is 1.03. The number of pyridine rings is 1. The topological polar surface area (TPSA) is 136 Å². The van der Waals surface area contributed by atoms with E-state index in [-0.39, 0.29) is 29.9 Å². The Morgan fingerprint density at radius 1 is 1.34 bits per heavy atom. The summed E-state index contributed by atoms with van der Waals surface area (Å²) in [7, 11) is 0. The van der Waals surface area contributed by atoms with E-state index in [1.165, 1.54) is 18.3 Å². The first kappa shape index (κ1) is 23.6. The minimum absolute atomic E-state index is 0.0148. The number of hydrogen-bond donors (Lipinski definition) is 3. The van der Waals surface area contributed by atoms with E-state index in [1.54, 1.807) is 11.3 Å². The second kappa shape index (κ2) is 12.1. The summed E-state index contributed by atoms with van der Waals surface area (Å²) in [6, 6.07) is 4.90. The third-order valence-electron chi connectivity index (χ3n) is 4.78. The van der Waals surface area contributed by atoms with Crippen LogP contribution in [0.5, 0.6) is 0 Å². The van der Waals surface area contributed by atoms with Crippen molar-refractivity contribution in [2.45, 2.75) is 31.5 Å². The lowest BCUT2D eigenvalue weighted by molar-refractivity contribution is -0.385. The molecule has 2 aromatic rings. The van der Waals surface area contributed by atoms with Gasteiger partial charge in [-0.2, -0.15) is 11.3 Å². The Morgan fingerprint density at radius 3 is 2.91 bits per heavy atom. The van der Waals surface area contributed by atoms with Crippen molar-refractivity contribution in [3.63, 3.8) is 0 Å². The van der Waals surface area contributed by atoms with Crippen LogP contribution in [0.15, 0.2) is 47.0 Å². The van der Waals surface area contributed by atoms with E-state index in [9.17, 15) is 14.9 Å². The van der Waals surface area contributed by atoms with E-state index in [0.29, 0.717) is 44.8 Å². The van der Waals surface area contributed by atoms with Crippen molar-refractivity contribution >= 4 is 28.7 Å². The predicted octanol–water partition coefficient (Wildman–Crippen LogP) is 2.78. The molecule has 11 heteroatoms. The first-order valence-electron chi connectivity index (χ1n) is 10.3. The molecule has 0 saturated carbocycles. The van der Waals surface area contributed by atoms with Gasteiger partial charge in [-0.05, 0) is 47.4 Å². The largest absolute Gasteiger partial charge is 0.459 e. The average Bonchev–Trinajstić information content (AvgIpc) is 3.35. The van der Waals surface area contributed by atoms with E-state index in [4.69, 9.17) is 14.6 Å². The number of carbonyl (C=O) groups excluding carboxylic acids is 1. The molecule has 2 aromatic heterocycles. The first-order valence-corrected chi connectivity index (χ1v) is 11.3. The summed E-state index contributed by atoms with van der Waals surface area (Å²) in [5, 5.41) is 29.4. The standard InChI is InChI=1S/C21H26N4O6S/c26-8-1-2-9-30-20-12-16(15-5-10-32-14-15)11-18(31-20)21(27)23-7-6-22-19-4-3-17(13-24-19)25(28)29/h3-5,10-11,13-14,16,20,26H,1-2,6-9,12H2,(H,22,24)(H,23,27)/t16-,20+/m0/s1. The molecule has 10 nitrogen and oxygen atoms in total. The van der Waals surface area contributed by atoms with Gasteiger partial charge in [0.25, 0.3) is 11.6 Å². The number of aliphatic hydroxyl groups is 1. The third-order valence-corrected chi connectivity index (χ3v) is 5.49. The van der Waals surface area contributed by atoms with Crippen molar-refractivity contribution in [3.8, 4) is 0 Å². The zero-order chi connectivity index (χ0) is 22.8. The molecule has 0 aromatic carbocycles. The van der Waals surface area contributed by atoms with Gasteiger partial charge >= 0.3 is 0 Å². The van der Waals surface area contributed by atoms with E-state index >= 15 is 0 Å². The van der Waals surface area contributed by atoms with Crippen LogP contribution >= 0.6 is 11.3 Å². The number of unbranched alkanes of at least 4 members (excludes halogenated alkanes) is 1. The molecule has 172 valence electrons. The second-order valence-electron chi connectivity index (χ2n) is 7.12. The van der Waals surface area contributed by atoms with Gasteiger partial charge in [0, 0.05) is 38.1 Å². The number of allylic oxidation sites excluding steroid dienone is 1. The van der Waals surface area contributed by atoms with Gasteiger partial charge in [0.2, 0.25) is 6.29 Å². The van der Waals surface area contributed by atoms with Gasteiger partial charge in [-0.3, -0.25) is 14.9 Å². The number of ether oxygens (including phenoxy) is 2. The van der Waals surface area contributed by atoms with Crippen molar-refractivity contribution in [2.75, 3.05) is 31.6 Å². The van der Waals surface area contributed by atoms with Crippen LogP contribution in [0.4, 0.5) is 11.5 Å². The quantitative estimate of drug-likeness (QED) is 0.249. The van der Waals surface area contributed by atoms with Crippen LogP contribution in [0.3, 0.4) is 0 Å². The summed E-state index contributed by atoms with van der Waals surface area (Å²) in [5.74, 6) is 0.369. The fourth-order valence-electron chi connectivity index (χ4n) is 3.12. The molecule has 0 bridgehead atoms. The molecule has 1 aliphatic heterocycles. The number of anilines is 1. The number of nitro groups is 1. The van der Waals surface area contributed by atoms with Crippen LogP contribution in [0, 0.1) is 10.1 Å². The molecule has 0 saturated heterocycles. The summed E-state index contributed by atoms with van der Waals surface area (Å²) in [4.78, 5) is 26.8. The molecular formula is C21H26N4O6S. The molecule has 3 heterocycles. The van der Waals surface area contributed by atoms with Crippen LogP contribution in [0.1, 0.15) is 30.7 Å². The second-order valence-corrected chi connectivity index (χ2v) is 7.90. The highest BCUT2D eigenvalue weighted by molar-refractivity contribution is 7.08. The number of aromatic nitrogens is 1. The van der Waals surface area contributed by atoms with Crippen molar-refractivity contribution in [2.24, 2.45) is 0 Å². The lowest BCUT2D eigenvalue weighted by atomic mass is 9.95. The van der Waals surface area contributed by atoms with Gasteiger partial charge < -0.3 is 25.2 Å². The molecule has 1 aliphatic rings. The van der Waals surface area contributed by atoms with Gasteiger partial charge in [-0.15, -0.1) is 0 Å². The Labute approximate surface area is 189 Å². The first-order chi connectivity index (χ1) is 15.6. The number of aliphatic hydroxyl groups excluding tert-OH is 1. The molecule has 0 aliphatic carbocycles. The lowest BCUT2D eigenvalue weighted by Crippen LogP contribution is -2.35. The maximum Gasteiger partial charge on any atom is 0.287 e. The number of nitrogens with zero attached hydrogens (tertiary/aromatic N) is 2. The Hall–Kier alpha value is -3.02. The van der Waals surface area contributed by atoms with E-state index in [0.717, 1.165) is 5.56 Å². The summed E-state index contributed by atoms with van der Waals surface area (Å²) in [6.07, 6.45) is 4.43. The molecule has 0 radical (unpaired) electrons. The Morgan fingerprint density at radius 2 is 2.22 bits per heavy atom. The smallest absolute Gasteiger partial charge is 0.287 e. The van der Waals surface area contributed by atoms with E-state index in [2.05, 4.69) is 15.6 Å². The van der Waals surface area contributed by atoms with E-state index in [1.807, 2.05) is 22.9 Å². The van der Waals surface area contributed by atoms with Crippen molar-refractivity contribution in [3.05, 3.63) is 62.7 Å². The molecule has 2 atom stereocenters. The molecule has 3 rings (SSSR count). The highest BCUT2D eigenvalue weighted by atomic mass is 32.1. The number of rotatable bonds is 12. The maximum atomic E-state index is 12.7. The lowest BCUT2D eigenvalue weighted by Gasteiger charge is -2.29. The predicted molar refractivity (Wildman–Crippen MR) is 119 cm³/mol.